The number of anilines is 1. The Morgan fingerprint density at radius 3 is 2.40 bits per heavy atom. The molecule has 0 aromatic carbocycles. The van der Waals surface area contributed by atoms with Crippen LogP contribution in [0.25, 0.3) is 11.3 Å². The van der Waals surface area contributed by atoms with E-state index in [-0.39, 0.29) is 5.92 Å². The Kier molecular flexibility index (Phi) is 8.48. The summed E-state index contributed by atoms with van der Waals surface area (Å²) in [5.41, 5.74) is 2.80. The summed E-state index contributed by atoms with van der Waals surface area (Å²) >= 11 is 0. The monoisotopic (exact) mass is 411 g/mol. The molecule has 3 rings (SSSR count). The molecule has 0 saturated carbocycles. The first-order valence-corrected chi connectivity index (χ1v) is 11.2. The fraction of sp³-hybridized carbons (Fsp3) is 0.542. The SMILES string of the molecule is CCCCOc1ccc(-c2ccc(N3CCC(C=O)CC3)cn2)c(OCCCC)n1. The van der Waals surface area contributed by atoms with Crippen LogP contribution in [0.2, 0.25) is 0 Å². The van der Waals surface area contributed by atoms with Crippen LogP contribution in [0, 0.1) is 5.92 Å². The molecule has 3 heterocycles. The molecule has 2 aromatic rings. The van der Waals surface area contributed by atoms with E-state index in [1.807, 2.05) is 24.4 Å². The molecule has 0 radical (unpaired) electrons. The Hall–Kier alpha value is -2.63. The summed E-state index contributed by atoms with van der Waals surface area (Å²) in [4.78, 5) is 22.5. The summed E-state index contributed by atoms with van der Waals surface area (Å²) in [7, 11) is 0. The molecule has 1 saturated heterocycles. The molecule has 6 heteroatoms. The normalized spacial score (nSPS) is 14.5. The van der Waals surface area contributed by atoms with Crippen molar-refractivity contribution in [2.45, 2.75) is 52.4 Å². The Balaban J connectivity index is 1.74. The minimum Gasteiger partial charge on any atom is -0.478 e. The van der Waals surface area contributed by atoms with Crippen molar-refractivity contribution in [3.63, 3.8) is 0 Å². The first-order chi connectivity index (χ1) is 14.7. The molecule has 0 spiro atoms. The van der Waals surface area contributed by atoms with Gasteiger partial charge in [0, 0.05) is 25.1 Å². The average Bonchev–Trinajstić information content (AvgIpc) is 2.80. The van der Waals surface area contributed by atoms with Crippen molar-refractivity contribution in [3.8, 4) is 23.0 Å². The third-order valence-electron chi connectivity index (χ3n) is 5.44. The van der Waals surface area contributed by atoms with Gasteiger partial charge in [-0.25, -0.2) is 0 Å². The molecular formula is C24H33N3O3. The van der Waals surface area contributed by atoms with Crippen molar-refractivity contribution >= 4 is 12.0 Å². The molecule has 6 nitrogen and oxygen atoms in total. The molecule has 0 amide bonds. The highest BCUT2D eigenvalue weighted by Crippen LogP contribution is 2.31. The zero-order valence-corrected chi connectivity index (χ0v) is 18.2. The maximum absolute atomic E-state index is 11.0. The van der Waals surface area contributed by atoms with Gasteiger partial charge in [0.15, 0.2) is 0 Å². The minimum atomic E-state index is 0.195. The number of piperidine rings is 1. The molecule has 0 atom stereocenters. The number of hydrogen-bond acceptors (Lipinski definition) is 6. The number of pyridine rings is 2. The summed E-state index contributed by atoms with van der Waals surface area (Å²) in [5.74, 6) is 1.36. The van der Waals surface area contributed by atoms with Crippen LogP contribution >= 0.6 is 0 Å². The maximum Gasteiger partial charge on any atom is 0.226 e. The first-order valence-electron chi connectivity index (χ1n) is 11.2. The lowest BCUT2D eigenvalue weighted by Gasteiger charge is -2.31. The summed E-state index contributed by atoms with van der Waals surface area (Å²) in [6, 6.07) is 7.97. The second-order valence-electron chi connectivity index (χ2n) is 7.77. The smallest absolute Gasteiger partial charge is 0.226 e. The number of unbranched alkanes of at least 4 members (excludes halogenated alkanes) is 2. The summed E-state index contributed by atoms with van der Waals surface area (Å²) in [6.45, 7) is 7.34. The van der Waals surface area contributed by atoms with Gasteiger partial charge < -0.3 is 19.2 Å². The summed E-state index contributed by atoms with van der Waals surface area (Å²) < 4.78 is 11.7. The van der Waals surface area contributed by atoms with Gasteiger partial charge in [-0.1, -0.05) is 26.7 Å². The molecule has 1 fully saturated rings. The zero-order chi connectivity index (χ0) is 21.2. The van der Waals surface area contributed by atoms with E-state index in [1.165, 1.54) is 0 Å². The van der Waals surface area contributed by atoms with Gasteiger partial charge in [0.1, 0.15) is 6.29 Å². The number of aromatic nitrogens is 2. The summed E-state index contributed by atoms with van der Waals surface area (Å²) in [6.07, 6.45) is 8.93. The zero-order valence-electron chi connectivity index (χ0n) is 18.2. The van der Waals surface area contributed by atoms with Crippen molar-refractivity contribution < 1.29 is 14.3 Å². The van der Waals surface area contributed by atoms with Crippen LogP contribution in [-0.2, 0) is 4.79 Å². The van der Waals surface area contributed by atoms with Crippen molar-refractivity contribution in [1.82, 2.24) is 9.97 Å². The molecule has 2 aromatic heterocycles. The number of rotatable bonds is 11. The van der Waals surface area contributed by atoms with Gasteiger partial charge in [0.25, 0.3) is 0 Å². The topological polar surface area (TPSA) is 64.5 Å². The van der Waals surface area contributed by atoms with Gasteiger partial charge in [-0.2, -0.15) is 4.98 Å². The van der Waals surface area contributed by atoms with Gasteiger partial charge in [0.05, 0.1) is 36.4 Å². The summed E-state index contributed by atoms with van der Waals surface area (Å²) in [5, 5.41) is 0. The molecule has 0 bridgehead atoms. The number of hydrogen-bond donors (Lipinski definition) is 0. The van der Waals surface area contributed by atoms with E-state index in [0.717, 1.165) is 74.8 Å². The predicted octanol–water partition coefficient (Wildman–Crippen LogP) is 4.92. The average molecular weight is 412 g/mol. The maximum atomic E-state index is 11.0. The van der Waals surface area contributed by atoms with Gasteiger partial charge in [-0.05, 0) is 43.9 Å². The number of ether oxygens (including phenoxy) is 2. The standard InChI is InChI=1S/C24H33N3O3/c1-3-5-15-29-23-10-8-21(24(26-23)30-16-6-4-2)22-9-7-20(17-25-22)27-13-11-19(18-28)12-14-27/h7-10,17-19H,3-6,11-16H2,1-2H3. The minimum absolute atomic E-state index is 0.195. The lowest BCUT2D eigenvalue weighted by Crippen LogP contribution is -2.34. The molecule has 0 N–H and O–H groups in total. The molecule has 162 valence electrons. The number of aldehydes is 1. The third kappa shape index (κ3) is 5.94. The lowest BCUT2D eigenvalue weighted by molar-refractivity contribution is -0.111. The number of nitrogens with zero attached hydrogens (tertiary/aromatic N) is 3. The molecule has 0 aliphatic carbocycles. The fourth-order valence-corrected chi connectivity index (χ4v) is 3.47. The molecular weight excluding hydrogens is 378 g/mol. The number of carbonyl (C=O) groups excluding carboxylic acids is 1. The van der Waals surface area contributed by atoms with E-state index in [4.69, 9.17) is 9.47 Å². The first kappa shape index (κ1) is 22.1. The molecule has 1 aliphatic rings. The van der Waals surface area contributed by atoms with E-state index in [1.54, 1.807) is 0 Å². The highest BCUT2D eigenvalue weighted by molar-refractivity contribution is 5.67. The van der Waals surface area contributed by atoms with Gasteiger partial charge >= 0.3 is 0 Å². The Morgan fingerprint density at radius 2 is 1.77 bits per heavy atom. The van der Waals surface area contributed by atoms with E-state index in [9.17, 15) is 4.79 Å². The van der Waals surface area contributed by atoms with Gasteiger partial charge in [-0.15, -0.1) is 0 Å². The van der Waals surface area contributed by atoms with Crippen molar-refractivity contribution in [2.24, 2.45) is 5.92 Å². The van der Waals surface area contributed by atoms with E-state index < -0.39 is 0 Å². The van der Waals surface area contributed by atoms with Crippen LogP contribution in [-0.4, -0.2) is 42.6 Å². The van der Waals surface area contributed by atoms with Crippen LogP contribution < -0.4 is 14.4 Å². The van der Waals surface area contributed by atoms with Gasteiger partial charge in [-0.3, -0.25) is 4.98 Å². The Bertz CT molecular complexity index is 787. The van der Waals surface area contributed by atoms with E-state index in [0.29, 0.717) is 25.0 Å². The second-order valence-corrected chi connectivity index (χ2v) is 7.77. The Morgan fingerprint density at radius 1 is 1.03 bits per heavy atom. The van der Waals surface area contributed by atoms with Crippen LogP contribution in [0.5, 0.6) is 11.8 Å². The largest absolute Gasteiger partial charge is 0.478 e. The highest BCUT2D eigenvalue weighted by Gasteiger charge is 2.19. The van der Waals surface area contributed by atoms with Crippen LogP contribution in [0.4, 0.5) is 5.69 Å². The van der Waals surface area contributed by atoms with Crippen LogP contribution in [0.3, 0.4) is 0 Å². The molecule has 30 heavy (non-hydrogen) atoms. The van der Waals surface area contributed by atoms with E-state index >= 15 is 0 Å². The predicted molar refractivity (Wildman–Crippen MR) is 119 cm³/mol. The highest BCUT2D eigenvalue weighted by atomic mass is 16.5. The van der Waals surface area contributed by atoms with Crippen molar-refractivity contribution in [2.75, 3.05) is 31.2 Å². The lowest BCUT2D eigenvalue weighted by atomic mass is 9.98. The fourth-order valence-electron chi connectivity index (χ4n) is 3.47. The quantitative estimate of drug-likeness (QED) is 0.386. The van der Waals surface area contributed by atoms with Crippen molar-refractivity contribution in [1.29, 1.82) is 0 Å². The Labute approximate surface area is 179 Å². The van der Waals surface area contributed by atoms with Crippen LogP contribution in [0.15, 0.2) is 30.5 Å². The van der Waals surface area contributed by atoms with Crippen molar-refractivity contribution in [3.05, 3.63) is 30.5 Å². The molecule has 0 unspecified atom stereocenters. The van der Waals surface area contributed by atoms with Crippen LogP contribution in [0.1, 0.15) is 52.4 Å². The van der Waals surface area contributed by atoms with E-state index in [2.05, 4.69) is 34.8 Å². The molecule has 1 aliphatic heterocycles. The number of carbonyl (C=O) groups is 1. The third-order valence-corrected chi connectivity index (χ3v) is 5.44. The van der Waals surface area contributed by atoms with Gasteiger partial charge in [0.2, 0.25) is 11.8 Å². The second kappa shape index (κ2) is 11.5.